The van der Waals surface area contributed by atoms with Crippen LogP contribution in [0.3, 0.4) is 0 Å². The van der Waals surface area contributed by atoms with Gasteiger partial charge in [-0.25, -0.2) is 14.4 Å². The van der Waals surface area contributed by atoms with E-state index in [2.05, 4.69) is 15.0 Å². The number of carbonyl (C=O) groups is 3. The average Bonchev–Trinajstić information content (AvgIpc) is 3.19. The van der Waals surface area contributed by atoms with Crippen LogP contribution in [0, 0.1) is 20.8 Å². The molecular formula is C45H33N3O6. The summed E-state index contributed by atoms with van der Waals surface area (Å²) in [4.78, 5) is 54.3. The number of carbonyl (C=O) groups excluding carboxylic acids is 3. The molecule has 0 unspecified atom stereocenters. The number of pyridine rings is 3. The van der Waals surface area contributed by atoms with Gasteiger partial charge in [-0.1, -0.05) is 91.0 Å². The summed E-state index contributed by atoms with van der Waals surface area (Å²) in [6, 6.07) is 37.9. The second kappa shape index (κ2) is 15.5. The quantitative estimate of drug-likeness (QED) is 0.135. The molecule has 0 spiro atoms. The Morgan fingerprint density at radius 2 is 0.648 bits per heavy atom. The molecular weight excluding hydrogens is 679 g/mol. The molecule has 0 fully saturated rings. The van der Waals surface area contributed by atoms with Crippen molar-refractivity contribution >= 4 is 17.9 Å². The third kappa shape index (κ3) is 7.95. The minimum absolute atomic E-state index is 0.0800. The van der Waals surface area contributed by atoms with Crippen LogP contribution in [0.15, 0.2) is 146 Å². The first kappa shape index (κ1) is 35.2. The molecule has 0 atom stereocenters. The minimum atomic E-state index is -0.818. The van der Waals surface area contributed by atoms with Crippen LogP contribution in [0.25, 0.3) is 33.8 Å². The van der Waals surface area contributed by atoms with Crippen LogP contribution in [0.4, 0.5) is 0 Å². The van der Waals surface area contributed by atoms with E-state index in [1.807, 2.05) is 112 Å². The molecule has 4 aromatic carbocycles. The summed E-state index contributed by atoms with van der Waals surface area (Å²) in [6.45, 7) is 5.59. The number of benzene rings is 4. The average molecular weight is 712 g/mol. The lowest BCUT2D eigenvalue weighted by Gasteiger charge is -2.12. The summed E-state index contributed by atoms with van der Waals surface area (Å²) in [6.07, 6.45) is 4.34. The number of aryl methyl sites for hydroxylation is 3. The molecule has 0 aliphatic rings. The van der Waals surface area contributed by atoms with Gasteiger partial charge in [-0.3, -0.25) is 15.0 Å². The molecule has 9 nitrogen and oxygen atoms in total. The van der Waals surface area contributed by atoms with Crippen molar-refractivity contribution in [3.05, 3.63) is 179 Å². The number of nitrogens with zero attached hydrogens (tertiary/aromatic N) is 3. The highest BCUT2D eigenvalue weighted by Gasteiger charge is 2.22. The fourth-order valence-electron chi connectivity index (χ4n) is 5.99. The van der Waals surface area contributed by atoms with E-state index in [-0.39, 0.29) is 33.9 Å². The van der Waals surface area contributed by atoms with Gasteiger partial charge in [0, 0.05) is 16.7 Å². The van der Waals surface area contributed by atoms with Gasteiger partial charge in [-0.2, -0.15) is 0 Å². The molecule has 0 radical (unpaired) electrons. The van der Waals surface area contributed by atoms with Gasteiger partial charge < -0.3 is 14.2 Å². The van der Waals surface area contributed by atoms with Crippen LogP contribution in [0.1, 0.15) is 47.8 Å². The topological polar surface area (TPSA) is 118 Å². The lowest BCUT2D eigenvalue weighted by Crippen LogP contribution is -2.17. The van der Waals surface area contributed by atoms with Crippen molar-refractivity contribution in [1.29, 1.82) is 0 Å². The Morgan fingerprint density at radius 3 is 0.889 bits per heavy atom. The van der Waals surface area contributed by atoms with Gasteiger partial charge in [0.15, 0.2) is 0 Å². The van der Waals surface area contributed by atoms with E-state index in [1.165, 1.54) is 36.8 Å². The molecule has 264 valence electrons. The maximum Gasteiger partial charge on any atom is 0.343 e. The van der Waals surface area contributed by atoms with E-state index >= 15 is 0 Å². The number of rotatable bonds is 9. The monoisotopic (exact) mass is 711 g/mol. The van der Waals surface area contributed by atoms with Gasteiger partial charge >= 0.3 is 17.9 Å². The number of ether oxygens (including phenoxy) is 3. The molecule has 0 N–H and O–H groups in total. The second-order valence-electron chi connectivity index (χ2n) is 12.6. The number of hydrogen-bond donors (Lipinski definition) is 0. The first-order valence-corrected chi connectivity index (χ1v) is 17.1. The number of esters is 3. The fraction of sp³-hybridized carbons (Fsp3) is 0.0667. The molecule has 0 aliphatic heterocycles. The third-order valence-corrected chi connectivity index (χ3v) is 8.57. The first-order chi connectivity index (χ1) is 26.2. The van der Waals surface area contributed by atoms with Crippen molar-refractivity contribution in [3.8, 4) is 51.0 Å². The Bertz CT molecular complexity index is 2210. The molecule has 0 saturated carbocycles. The Labute approximate surface area is 311 Å². The van der Waals surface area contributed by atoms with Gasteiger partial charge in [-0.15, -0.1) is 0 Å². The van der Waals surface area contributed by atoms with Crippen LogP contribution < -0.4 is 14.2 Å². The molecule has 54 heavy (non-hydrogen) atoms. The zero-order chi connectivity index (χ0) is 37.6. The van der Waals surface area contributed by atoms with Gasteiger partial charge in [0.05, 0.1) is 52.4 Å². The summed E-state index contributed by atoms with van der Waals surface area (Å²) in [5, 5.41) is 0. The molecule has 0 bridgehead atoms. The number of aromatic nitrogens is 3. The van der Waals surface area contributed by atoms with Crippen LogP contribution in [-0.2, 0) is 0 Å². The van der Waals surface area contributed by atoms with Crippen molar-refractivity contribution in [3.63, 3.8) is 0 Å². The molecule has 0 amide bonds. The predicted molar refractivity (Wildman–Crippen MR) is 205 cm³/mol. The van der Waals surface area contributed by atoms with E-state index in [0.29, 0.717) is 0 Å². The molecule has 0 aliphatic carbocycles. The summed E-state index contributed by atoms with van der Waals surface area (Å²) in [5.41, 5.74) is 7.12. The maximum absolute atomic E-state index is 13.6. The van der Waals surface area contributed by atoms with E-state index in [9.17, 15) is 14.4 Å². The van der Waals surface area contributed by atoms with Crippen LogP contribution >= 0.6 is 0 Å². The molecule has 7 rings (SSSR count). The summed E-state index contributed by atoms with van der Waals surface area (Å²) < 4.78 is 17.1. The van der Waals surface area contributed by atoms with Crippen molar-refractivity contribution in [2.24, 2.45) is 0 Å². The summed E-state index contributed by atoms with van der Waals surface area (Å²) in [5.74, 6) is -1.89. The first-order valence-electron chi connectivity index (χ1n) is 17.1. The smallest absolute Gasteiger partial charge is 0.343 e. The van der Waals surface area contributed by atoms with Gasteiger partial charge in [-0.05, 0) is 73.9 Å². The van der Waals surface area contributed by atoms with Crippen molar-refractivity contribution in [2.45, 2.75) is 20.8 Å². The SMILES string of the molecule is Cc1cc(OC(=O)c2cc(C(=O)Oc3cnc(-c4ccccc4)c(C)c3)cc(C(=O)Oc3cnc(-c4ccccc4)c(C)c3)c2)cnc1-c1ccccc1. The minimum Gasteiger partial charge on any atom is -0.421 e. The van der Waals surface area contributed by atoms with Crippen molar-refractivity contribution in [1.82, 2.24) is 15.0 Å². The van der Waals surface area contributed by atoms with Crippen LogP contribution in [0.5, 0.6) is 17.2 Å². The zero-order valence-corrected chi connectivity index (χ0v) is 29.6. The van der Waals surface area contributed by atoms with E-state index in [4.69, 9.17) is 14.2 Å². The molecule has 3 heterocycles. The van der Waals surface area contributed by atoms with Crippen molar-refractivity contribution < 1.29 is 28.6 Å². The normalized spacial score (nSPS) is 10.7. The van der Waals surface area contributed by atoms with Gasteiger partial charge in [0.2, 0.25) is 0 Å². The number of hydrogen-bond acceptors (Lipinski definition) is 9. The van der Waals surface area contributed by atoms with Gasteiger partial charge in [0.1, 0.15) is 17.2 Å². The third-order valence-electron chi connectivity index (χ3n) is 8.57. The van der Waals surface area contributed by atoms with Crippen LogP contribution in [-0.4, -0.2) is 32.9 Å². The highest BCUT2D eigenvalue weighted by atomic mass is 16.5. The van der Waals surface area contributed by atoms with E-state index in [1.54, 1.807) is 18.2 Å². The van der Waals surface area contributed by atoms with Crippen molar-refractivity contribution in [2.75, 3.05) is 0 Å². The molecule has 0 saturated heterocycles. The standard InChI is InChI=1S/C45H33N3O6/c1-28-19-37(25-46-40(28)31-13-7-4-8-14-31)52-43(49)34-22-35(44(50)53-38-20-29(2)41(47-26-38)32-15-9-5-10-16-32)24-36(23-34)45(51)54-39-21-30(3)42(48-27-39)33-17-11-6-12-18-33/h4-27H,1-3H3. The Balaban J connectivity index is 1.17. The van der Waals surface area contributed by atoms with Gasteiger partial charge in [0.25, 0.3) is 0 Å². The highest BCUT2D eigenvalue weighted by molar-refractivity contribution is 6.02. The lowest BCUT2D eigenvalue weighted by molar-refractivity contribution is 0.0734. The van der Waals surface area contributed by atoms with E-state index in [0.717, 1.165) is 50.5 Å². The van der Waals surface area contributed by atoms with E-state index < -0.39 is 17.9 Å². The molecule has 7 aromatic rings. The highest BCUT2D eigenvalue weighted by Crippen LogP contribution is 2.28. The lowest BCUT2D eigenvalue weighted by atomic mass is 10.0. The summed E-state index contributed by atoms with van der Waals surface area (Å²) >= 11 is 0. The zero-order valence-electron chi connectivity index (χ0n) is 29.6. The van der Waals surface area contributed by atoms with Crippen LogP contribution in [0.2, 0.25) is 0 Å². The maximum atomic E-state index is 13.6. The molecule has 9 heteroatoms. The Kier molecular flexibility index (Phi) is 10.1. The Hall–Kier alpha value is -7.26. The summed E-state index contributed by atoms with van der Waals surface area (Å²) in [7, 11) is 0. The fourth-order valence-corrected chi connectivity index (χ4v) is 5.99. The molecule has 3 aromatic heterocycles. The Morgan fingerprint density at radius 1 is 0.389 bits per heavy atom. The largest absolute Gasteiger partial charge is 0.421 e. The predicted octanol–water partition coefficient (Wildman–Crippen LogP) is 9.46. The second-order valence-corrected chi connectivity index (χ2v) is 12.6.